The molecular formula is C16H25N3O. The molecule has 1 N–H and O–H groups in total. The van der Waals surface area contributed by atoms with Gasteiger partial charge in [0, 0.05) is 31.9 Å². The van der Waals surface area contributed by atoms with Crippen molar-refractivity contribution in [2.75, 3.05) is 26.2 Å². The van der Waals surface area contributed by atoms with Crippen LogP contribution in [0.5, 0.6) is 0 Å². The SMILES string of the molecule is CCN(CC1CCCNC1)C(=O)CCc1ccncc1. The second kappa shape index (κ2) is 8.00. The number of aryl methyl sites for hydroxylation is 1. The lowest BCUT2D eigenvalue weighted by atomic mass is 9.99. The molecule has 1 atom stereocenters. The largest absolute Gasteiger partial charge is 0.343 e. The van der Waals surface area contributed by atoms with Gasteiger partial charge in [-0.2, -0.15) is 0 Å². The molecule has 1 saturated heterocycles. The third-order valence-electron chi connectivity index (χ3n) is 3.99. The molecule has 0 aromatic carbocycles. The summed E-state index contributed by atoms with van der Waals surface area (Å²) < 4.78 is 0. The maximum Gasteiger partial charge on any atom is 0.222 e. The molecule has 4 heteroatoms. The molecule has 1 aliphatic heterocycles. The number of rotatable bonds is 6. The lowest BCUT2D eigenvalue weighted by Crippen LogP contribution is -2.41. The molecule has 1 amide bonds. The van der Waals surface area contributed by atoms with Crippen molar-refractivity contribution < 1.29 is 4.79 Å². The van der Waals surface area contributed by atoms with Crippen molar-refractivity contribution in [3.05, 3.63) is 30.1 Å². The summed E-state index contributed by atoms with van der Waals surface area (Å²) in [5.74, 6) is 0.892. The summed E-state index contributed by atoms with van der Waals surface area (Å²) in [6.45, 7) is 5.96. The minimum Gasteiger partial charge on any atom is -0.343 e. The van der Waals surface area contributed by atoms with E-state index in [2.05, 4.69) is 17.2 Å². The van der Waals surface area contributed by atoms with Crippen LogP contribution < -0.4 is 5.32 Å². The second-order valence-electron chi connectivity index (χ2n) is 5.50. The molecule has 110 valence electrons. The smallest absolute Gasteiger partial charge is 0.222 e. The Hall–Kier alpha value is -1.42. The lowest BCUT2D eigenvalue weighted by molar-refractivity contribution is -0.131. The van der Waals surface area contributed by atoms with Crippen LogP contribution in [0.25, 0.3) is 0 Å². The standard InChI is InChI=1S/C16H25N3O/c1-2-19(13-15-4-3-9-18-12-15)16(20)6-5-14-7-10-17-11-8-14/h7-8,10-11,15,18H,2-6,9,12-13H2,1H3. The van der Waals surface area contributed by atoms with Crippen LogP contribution >= 0.6 is 0 Å². The third kappa shape index (κ3) is 4.60. The highest BCUT2D eigenvalue weighted by atomic mass is 16.2. The van der Waals surface area contributed by atoms with Crippen molar-refractivity contribution in [2.24, 2.45) is 5.92 Å². The van der Waals surface area contributed by atoms with E-state index in [0.29, 0.717) is 12.3 Å². The van der Waals surface area contributed by atoms with E-state index in [4.69, 9.17) is 0 Å². The highest BCUT2D eigenvalue weighted by Crippen LogP contribution is 2.13. The van der Waals surface area contributed by atoms with Crippen LogP contribution in [-0.4, -0.2) is 42.0 Å². The summed E-state index contributed by atoms with van der Waals surface area (Å²) in [6, 6.07) is 3.96. The van der Waals surface area contributed by atoms with E-state index in [1.165, 1.54) is 18.4 Å². The van der Waals surface area contributed by atoms with Gasteiger partial charge in [-0.15, -0.1) is 0 Å². The van der Waals surface area contributed by atoms with Gasteiger partial charge in [-0.05, 0) is 62.9 Å². The number of amides is 1. The number of hydrogen-bond donors (Lipinski definition) is 1. The fraction of sp³-hybridized carbons (Fsp3) is 0.625. The average molecular weight is 275 g/mol. The Morgan fingerprint density at radius 1 is 1.45 bits per heavy atom. The number of carbonyl (C=O) groups excluding carboxylic acids is 1. The van der Waals surface area contributed by atoms with E-state index in [9.17, 15) is 4.79 Å². The van der Waals surface area contributed by atoms with Gasteiger partial charge in [0.15, 0.2) is 0 Å². The van der Waals surface area contributed by atoms with Crippen LogP contribution in [0.1, 0.15) is 31.7 Å². The van der Waals surface area contributed by atoms with Crippen LogP contribution in [0.2, 0.25) is 0 Å². The molecule has 0 bridgehead atoms. The predicted molar refractivity (Wildman–Crippen MR) is 80.4 cm³/mol. The lowest BCUT2D eigenvalue weighted by Gasteiger charge is -2.29. The Bertz CT molecular complexity index is 401. The van der Waals surface area contributed by atoms with Gasteiger partial charge < -0.3 is 10.2 Å². The Labute approximate surface area is 121 Å². The van der Waals surface area contributed by atoms with E-state index in [1.54, 1.807) is 12.4 Å². The zero-order valence-corrected chi connectivity index (χ0v) is 12.3. The van der Waals surface area contributed by atoms with E-state index in [0.717, 1.165) is 32.6 Å². The minimum absolute atomic E-state index is 0.273. The number of hydrogen-bond acceptors (Lipinski definition) is 3. The first-order valence-electron chi connectivity index (χ1n) is 7.67. The quantitative estimate of drug-likeness (QED) is 0.862. The van der Waals surface area contributed by atoms with Crippen LogP contribution in [0.3, 0.4) is 0 Å². The molecule has 0 aliphatic carbocycles. The number of nitrogens with one attached hydrogen (secondary N) is 1. The van der Waals surface area contributed by atoms with Crippen LogP contribution in [0, 0.1) is 5.92 Å². The van der Waals surface area contributed by atoms with Crippen molar-refractivity contribution in [3.8, 4) is 0 Å². The molecule has 0 radical (unpaired) electrons. The summed E-state index contributed by atoms with van der Waals surface area (Å²) in [6.07, 6.45) is 7.43. The molecule has 1 unspecified atom stereocenters. The summed E-state index contributed by atoms with van der Waals surface area (Å²) in [5.41, 5.74) is 1.18. The van der Waals surface area contributed by atoms with Crippen LogP contribution in [-0.2, 0) is 11.2 Å². The highest BCUT2D eigenvalue weighted by Gasteiger charge is 2.19. The Kier molecular flexibility index (Phi) is 5.99. The molecular weight excluding hydrogens is 250 g/mol. The van der Waals surface area contributed by atoms with Crippen molar-refractivity contribution in [2.45, 2.75) is 32.6 Å². The van der Waals surface area contributed by atoms with Gasteiger partial charge in [-0.25, -0.2) is 0 Å². The zero-order valence-electron chi connectivity index (χ0n) is 12.3. The first-order chi connectivity index (χ1) is 9.79. The normalized spacial score (nSPS) is 18.8. The van der Waals surface area contributed by atoms with E-state index in [-0.39, 0.29) is 5.91 Å². The number of carbonyl (C=O) groups is 1. The van der Waals surface area contributed by atoms with Crippen molar-refractivity contribution in [3.63, 3.8) is 0 Å². The predicted octanol–water partition coefficient (Wildman–Crippen LogP) is 1.86. The van der Waals surface area contributed by atoms with Gasteiger partial charge in [0.25, 0.3) is 0 Å². The zero-order chi connectivity index (χ0) is 14.2. The van der Waals surface area contributed by atoms with Crippen molar-refractivity contribution >= 4 is 5.91 Å². The topological polar surface area (TPSA) is 45.2 Å². The molecule has 1 aromatic rings. The van der Waals surface area contributed by atoms with Gasteiger partial charge in [0.2, 0.25) is 5.91 Å². The summed E-state index contributed by atoms with van der Waals surface area (Å²) >= 11 is 0. The minimum atomic E-state index is 0.273. The molecule has 2 heterocycles. The first-order valence-corrected chi connectivity index (χ1v) is 7.67. The monoisotopic (exact) mass is 275 g/mol. The van der Waals surface area contributed by atoms with Crippen molar-refractivity contribution in [1.82, 2.24) is 15.2 Å². The van der Waals surface area contributed by atoms with Crippen molar-refractivity contribution in [1.29, 1.82) is 0 Å². The fourth-order valence-corrected chi connectivity index (χ4v) is 2.76. The Morgan fingerprint density at radius 3 is 2.90 bits per heavy atom. The summed E-state index contributed by atoms with van der Waals surface area (Å²) in [4.78, 5) is 18.3. The second-order valence-corrected chi connectivity index (χ2v) is 5.50. The molecule has 0 spiro atoms. The van der Waals surface area contributed by atoms with Crippen LogP contribution in [0.15, 0.2) is 24.5 Å². The summed E-state index contributed by atoms with van der Waals surface area (Å²) in [5, 5.41) is 3.42. The average Bonchev–Trinajstić information content (AvgIpc) is 2.52. The molecule has 2 rings (SSSR count). The molecule has 1 fully saturated rings. The number of aromatic nitrogens is 1. The van der Waals surface area contributed by atoms with Gasteiger partial charge in [-0.3, -0.25) is 9.78 Å². The van der Waals surface area contributed by atoms with Crippen LogP contribution in [0.4, 0.5) is 0 Å². The van der Waals surface area contributed by atoms with E-state index >= 15 is 0 Å². The van der Waals surface area contributed by atoms with E-state index in [1.807, 2.05) is 17.0 Å². The number of piperidine rings is 1. The molecule has 0 saturated carbocycles. The third-order valence-corrected chi connectivity index (χ3v) is 3.99. The molecule has 20 heavy (non-hydrogen) atoms. The first kappa shape index (κ1) is 15.0. The Balaban J connectivity index is 1.79. The van der Waals surface area contributed by atoms with Gasteiger partial charge in [-0.1, -0.05) is 0 Å². The maximum atomic E-state index is 12.3. The van der Waals surface area contributed by atoms with Gasteiger partial charge in [0.05, 0.1) is 0 Å². The fourth-order valence-electron chi connectivity index (χ4n) is 2.76. The maximum absolute atomic E-state index is 12.3. The number of pyridine rings is 1. The summed E-state index contributed by atoms with van der Waals surface area (Å²) in [7, 11) is 0. The molecule has 1 aliphatic rings. The number of nitrogens with zero attached hydrogens (tertiary/aromatic N) is 2. The van der Waals surface area contributed by atoms with Gasteiger partial charge >= 0.3 is 0 Å². The van der Waals surface area contributed by atoms with Gasteiger partial charge in [0.1, 0.15) is 0 Å². The molecule has 4 nitrogen and oxygen atoms in total. The Morgan fingerprint density at radius 2 is 2.25 bits per heavy atom. The highest BCUT2D eigenvalue weighted by molar-refractivity contribution is 5.76. The van der Waals surface area contributed by atoms with E-state index < -0.39 is 0 Å². The molecule has 1 aromatic heterocycles.